The fourth-order valence-electron chi connectivity index (χ4n) is 3.10. The van der Waals surface area contributed by atoms with Crippen molar-refractivity contribution < 1.29 is 17.6 Å². The predicted molar refractivity (Wildman–Crippen MR) is 120 cm³/mol. The van der Waals surface area contributed by atoms with Gasteiger partial charge in [0.05, 0.1) is 18.1 Å². The molecule has 1 fully saturated rings. The minimum absolute atomic E-state index is 0.0687. The summed E-state index contributed by atoms with van der Waals surface area (Å²) in [4.78, 5) is 18.7. The average Bonchev–Trinajstić information content (AvgIpc) is 3.24. The van der Waals surface area contributed by atoms with E-state index in [1.165, 1.54) is 16.8 Å². The zero-order chi connectivity index (χ0) is 22.7. The molecule has 0 spiro atoms. The molecule has 3 aromatic rings. The fraction of sp³-hybridized carbons (Fsp3) is 0.263. The van der Waals surface area contributed by atoms with Gasteiger partial charge in [0.2, 0.25) is 10.0 Å². The van der Waals surface area contributed by atoms with Gasteiger partial charge in [-0.05, 0) is 36.4 Å². The zero-order valence-corrected chi connectivity index (χ0v) is 18.6. The Morgan fingerprint density at radius 2 is 1.72 bits per heavy atom. The van der Waals surface area contributed by atoms with Crippen molar-refractivity contribution in [2.24, 2.45) is 0 Å². The van der Waals surface area contributed by atoms with Gasteiger partial charge in [0.25, 0.3) is 0 Å². The number of hydrogen-bond acceptors (Lipinski definition) is 9. The van der Waals surface area contributed by atoms with Crippen molar-refractivity contribution in [2.45, 2.75) is 0 Å². The van der Waals surface area contributed by atoms with Crippen LogP contribution in [0.4, 0.5) is 23.2 Å². The normalized spacial score (nSPS) is 14.9. The summed E-state index contributed by atoms with van der Waals surface area (Å²) in [5.41, 5.74) is 1.14. The van der Waals surface area contributed by atoms with Crippen molar-refractivity contribution in [1.82, 2.24) is 19.5 Å². The van der Waals surface area contributed by atoms with Gasteiger partial charge in [-0.3, -0.25) is 4.79 Å². The number of benzene rings is 1. The third-order valence-corrected chi connectivity index (χ3v) is 6.31. The number of anilines is 4. The Morgan fingerprint density at radius 1 is 1.03 bits per heavy atom. The maximum Gasteiger partial charge on any atom is 0.320 e. The second kappa shape index (κ2) is 9.10. The molecule has 0 atom stereocenters. The van der Waals surface area contributed by atoms with Crippen LogP contribution < -0.4 is 15.5 Å². The highest BCUT2D eigenvalue weighted by Crippen LogP contribution is 2.20. The Balaban J connectivity index is 1.33. The lowest BCUT2D eigenvalue weighted by Gasteiger charge is -2.33. The van der Waals surface area contributed by atoms with Crippen LogP contribution in [-0.2, 0) is 10.0 Å². The number of nitrogens with zero attached hydrogens (tertiary/aromatic N) is 5. The number of pyridine rings is 1. The number of aromatic nitrogens is 3. The predicted octanol–water partition coefficient (Wildman–Crippen LogP) is 2.20. The van der Waals surface area contributed by atoms with Crippen molar-refractivity contribution in [3.05, 3.63) is 53.5 Å². The first-order chi connectivity index (χ1) is 15.3. The first kappa shape index (κ1) is 22.0. The molecule has 1 aliphatic heterocycles. The van der Waals surface area contributed by atoms with E-state index in [1.807, 2.05) is 4.90 Å². The molecule has 0 saturated carbocycles. The molecule has 1 amide bonds. The van der Waals surface area contributed by atoms with Crippen LogP contribution in [-0.4, -0.2) is 66.2 Å². The minimum atomic E-state index is -3.19. The summed E-state index contributed by atoms with van der Waals surface area (Å²) in [5.74, 6) is -0.0798. The summed E-state index contributed by atoms with van der Waals surface area (Å²) in [6, 6.07) is 10.4. The smallest absolute Gasteiger partial charge is 0.320 e. The van der Waals surface area contributed by atoms with Gasteiger partial charge in [-0.1, -0.05) is 16.7 Å². The van der Waals surface area contributed by atoms with Crippen LogP contribution in [0.2, 0.25) is 5.02 Å². The molecule has 32 heavy (non-hydrogen) atoms. The number of piperazine rings is 1. The van der Waals surface area contributed by atoms with E-state index < -0.39 is 15.9 Å². The van der Waals surface area contributed by atoms with Crippen LogP contribution in [0.5, 0.6) is 0 Å². The number of amides is 1. The molecular weight excluding hydrogens is 458 g/mol. The van der Waals surface area contributed by atoms with E-state index in [0.717, 1.165) is 0 Å². The highest BCUT2D eigenvalue weighted by Gasteiger charge is 2.24. The maximum atomic E-state index is 12.4. The van der Waals surface area contributed by atoms with Gasteiger partial charge < -0.3 is 20.0 Å². The van der Waals surface area contributed by atoms with Crippen molar-refractivity contribution in [2.75, 3.05) is 48.0 Å². The van der Waals surface area contributed by atoms with Crippen LogP contribution in [0, 0.1) is 0 Å². The quantitative estimate of drug-likeness (QED) is 0.547. The molecule has 0 radical (unpaired) electrons. The Morgan fingerprint density at radius 3 is 2.34 bits per heavy atom. The minimum Gasteiger partial charge on any atom is -0.399 e. The number of halogens is 1. The van der Waals surface area contributed by atoms with E-state index in [0.29, 0.717) is 48.4 Å². The summed E-state index contributed by atoms with van der Waals surface area (Å²) in [6.45, 7) is 1.89. The van der Waals surface area contributed by atoms with Crippen molar-refractivity contribution >= 4 is 50.7 Å². The van der Waals surface area contributed by atoms with E-state index in [9.17, 15) is 13.2 Å². The van der Waals surface area contributed by atoms with E-state index in [-0.39, 0.29) is 11.9 Å². The molecule has 168 valence electrons. The van der Waals surface area contributed by atoms with Gasteiger partial charge in [0.1, 0.15) is 5.82 Å². The van der Waals surface area contributed by atoms with Crippen LogP contribution in [0.15, 0.2) is 47.0 Å². The maximum absolute atomic E-state index is 12.4. The standard InChI is InChI=1S/C19H20ClN7O4S/c1-32(29,30)27-10-8-26(9-11-27)16-7-6-15(12-21-16)22-17(28)18-24-25-19(31-18)23-14-4-2-13(20)3-5-14/h2-7,12H,8-11H2,1H3,(H,22,28)(H,23,25). The molecule has 0 bridgehead atoms. The fourth-order valence-corrected chi connectivity index (χ4v) is 4.06. The number of carbonyl (C=O) groups is 1. The number of hydrogen-bond donors (Lipinski definition) is 2. The first-order valence-electron chi connectivity index (χ1n) is 9.61. The van der Waals surface area contributed by atoms with E-state index >= 15 is 0 Å². The topological polar surface area (TPSA) is 134 Å². The molecule has 1 saturated heterocycles. The molecule has 3 heterocycles. The largest absolute Gasteiger partial charge is 0.399 e. The molecule has 0 aliphatic carbocycles. The van der Waals surface area contributed by atoms with Crippen LogP contribution in [0.3, 0.4) is 0 Å². The van der Waals surface area contributed by atoms with Gasteiger partial charge in [-0.15, -0.1) is 5.10 Å². The van der Waals surface area contributed by atoms with Crippen molar-refractivity contribution in [1.29, 1.82) is 0 Å². The average molecular weight is 478 g/mol. The summed E-state index contributed by atoms with van der Waals surface area (Å²) in [6.07, 6.45) is 2.72. The summed E-state index contributed by atoms with van der Waals surface area (Å²) >= 11 is 5.85. The molecule has 1 aliphatic rings. The van der Waals surface area contributed by atoms with E-state index in [1.54, 1.807) is 36.4 Å². The lowest BCUT2D eigenvalue weighted by Crippen LogP contribution is -2.48. The second-order valence-corrected chi connectivity index (χ2v) is 9.47. The van der Waals surface area contributed by atoms with Gasteiger partial charge in [-0.2, -0.15) is 4.31 Å². The van der Waals surface area contributed by atoms with Gasteiger partial charge in [-0.25, -0.2) is 13.4 Å². The SMILES string of the molecule is CS(=O)(=O)N1CCN(c2ccc(NC(=O)c3nnc(Nc4ccc(Cl)cc4)o3)cn2)CC1. The highest BCUT2D eigenvalue weighted by atomic mass is 35.5. The van der Waals surface area contributed by atoms with Gasteiger partial charge >= 0.3 is 17.8 Å². The first-order valence-corrected chi connectivity index (χ1v) is 11.8. The van der Waals surface area contributed by atoms with E-state index in [4.69, 9.17) is 16.0 Å². The molecule has 1 aromatic carbocycles. The molecule has 2 aromatic heterocycles. The molecular formula is C19H20ClN7O4S. The van der Waals surface area contributed by atoms with Gasteiger partial charge in [0.15, 0.2) is 0 Å². The zero-order valence-electron chi connectivity index (χ0n) is 17.0. The van der Waals surface area contributed by atoms with Crippen LogP contribution in [0.1, 0.15) is 10.7 Å². The molecule has 13 heteroatoms. The lowest BCUT2D eigenvalue weighted by atomic mass is 10.3. The molecule has 4 rings (SSSR count). The van der Waals surface area contributed by atoms with Crippen LogP contribution in [0.25, 0.3) is 0 Å². The molecule has 11 nitrogen and oxygen atoms in total. The Labute approximate surface area is 189 Å². The summed E-state index contributed by atoms with van der Waals surface area (Å²) in [7, 11) is -3.19. The monoisotopic (exact) mass is 477 g/mol. The molecule has 0 unspecified atom stereocenters. The Hall–Kier alpha value is -3.22. The number of rotatable bonds is 6. The lowest BCUT2D eigenvalue weighted by molar-refractivity contribution is 0.0991. The molecule has 2 N–H and O–H groups in total. The highest BCUT2D eigenvalue weighted by molar-refractivity contribution is 7.88. The van der Waals surface area contributed by atoms with E-state index in [2.05, 4.69) is 25.8 Å². The number of nitrogens with one attached hydrogen (secondary N) is 2. The van der Waals surface area contributed by atoms with Crippen LogP contribution >= 0.6 is 11.6 Å². The second-order valence-electron chi connectivity index (χ2n) is 7.05. The third kappa shape index (κ3) is 5.33. The summed E-state index contributed by atoms with van der Waals surface area (Å²) < 4.78 is 30.0. The van der Waals surface area contributed by atoms with Gasteiger partial charge in [0, 0.05) is 36.9 Å². The van der Waals surface area contributed by atoms with Crippen molar-refractivity contribution in [3.8, 4) is 0 Å². The number of carbonyl (C=O) groups excluding carboxylic acids is 1. The third-order valence-electron chi connectivity index (χ3n) is 4.75. The number of sulfonamides is 1. The Kier molecular flexibility index (Phi) is 6.26. The summed E-state index contributed by atoms with van der Waals surface area (Å²) in [5, 5.41) is 13.7. The Bertz CT molecular complexity index is 1190. The van der Waals surface area contributed by atoms with Crippen molar-refractivity contribution in [3.63, 3.8) is 0 Å².